The van der Waals surface area contributed by atoms with Gasteiger partial charge in [0.1, 0.15) is 0 Å². The monoisotopic (exact) mass is 208 g/mol. The maximum absolute atomic E-state index is 11.2. The quantitative estimate of drug-likeness (QED) is 0.364. The van der Waals surface area contributed by atoms with Crippen LogP contribution in [0.25, 0.3) is 0 Å². The highest BCUT2D eigenvalue weighted by Crippen LogP contribution is 2.05. The first-order valence-corrected chi connectivity index (χ1v) is 5.10. The van der Waals surface area contributed by atoms with Gasteiger partial charge in [0.15, 0.2) is 0 Å². The highest BCUT2D eigenvalue weighted by Gasteiger charge is 2.17. The van der Waals surface area contributed by atoms with Crippen LogP contribution >= 0.6 is 11.6 Å². The van der Waals surface area contributed by atoms with Crippen molar-refractivity contribution in [1.29, 1.82) is 0 Å². The van der Waals surface area contributed by atoms with Crippen LogP contribution in [0.4, 0.5) is 0 Å². The van der Waals surface area contributed by atoms with Crippen LogP contribution in [-0.4, -0.2) is 31.7 Å². The molecule has 0 aliphatic heterocycles. The average molecular weight is 209 g/mol. The number of ether oxygens (including phenoxy) is 2. The molecule has 0 rings (SSSR count). The van der Waals surface area contributed by atoms with Gasteiger partial charge in [-0.3, -0.25) is 4.79 Å². The van der Waals surface area contributed by atoms with Crippen molar-refractivity contribution in [2.75, 3.05) is 25.7 Å². The van der Waals surface area contributed by atoms with Crippen LogP contribution in [-0.2, 0) is 14.3 Å². The largest absolute Gasteiger partial charge is 0.466 e. The predicted molar refractivity (Wildman–Crippen MR) is 52.0 cm³/mol. The molecule has 3 nitrogen and oxygen atoms in total. The lowest BCUT2D eigenvalue weighted by Gasteiger charge is -2.12. The van der Waals surface area contributed by atoms with Gasteiger partial charge >= 0.3 is 5.97 Å². The molecule has 0 radical (unpaired) electrons. The van der Waals surface area contributed by atoms with Crippen molar-refractivity contribution in [1.82, 2.24) is 0 Å². The summed E-state index contributed by atoms with van der Waals surface area (Å²) >= 11 is 5.43. The van der Waals surface area contributed by atoms with Gasteiger partial charge in [0.05, 0.1) is 25.7 Å². The Morgan fingerprint density at radius 2 is 2.15 bits per heavy atom. The minimum atomic E-state index is -0.181. The fraction of sp³-hybridized carbons (Fsp3) is 0.889. The molecule has 1 unspecified atom stereocenters. The molecule has 0 aromatic heterocycles. The molecule has 78 valence electrons. The van der Waals surface area contributed by atoms with E-state index < -0.39 is 0 Å². The summed E-state index contributed by atoms with van der Waals surface area (Å²) in [5.74, 6) is 0.127. The van der Waals surface area contributed by atoms with Crippen LogP contribution in [0.2, 0.25) is 0 Å². The fourth-order valence-electron chi connectivity index (χ4n) is 0.893. The van der Waals surface area contributed by atoms with Crippen LogP contribution in [0, 0.1) is 5.92 Å². The van der Waals surface area contributed by atoms with E-state index >= 15 is 0 Å². The Labute approximate surface area is 84.4 Å². The van der Waals surface area contributed by atoms with E-state index in [1.807, 2.05) is 6.92 Å². The SMILES string of the molecule is CCOC(=O)C(CC)COCCCl. The Bertz CT molecular complexity index is 139. The van der Waals surface area contributed by atoms with Gasteiger partial charge in [-0.15, -0.1) is 11.6 Å². The van der Waals surface area contributed by atoms with Gasteiger partial charge in [-0.05, 0) is 13.3 Å². The van der Waals surface area contributed by atoms with Gasteiger partial charge in [0, 0.05) is 5.88 Å². The first kappa shape index (κ1) is 12.7. The van der Waals surface area contributed by atoms with E-state index in [9.17, 15) is 4.79 Å². The first-order chi connectivity index (χ1) is 6.26. The second-order valence-corrected chi connectivity index (χ2v) is 3.00. The summed E-state index contributed by atoms with van der Waals surface area (Å²) in [6, 6.07) is 0. The number of hydrogen-bond donors (Lipinski definition) is 0. The van der Waals surface area contributed by atoms with Gasteiger partial charge < -0.3 is 9.47 Å². The summed E-state index contributed by atoms with van der Waals surface area (Å²) in [6.45, 7) is 5.04. The van der Waals surface area contributed by atoms with Gasteiger partial charge in [-0.2, -0.15) is 0 Å². The summed E-state index contributed by atoms with van der Waals surface area (Å²) in [5.41, 5.74) is 0. The van der Waals surface area contributed by atoms with Crippen LogP contribution in [0.1, 0.15) is 20.3 Å². The van der Waals surface area contributed by atoms with E-state index in [0.29, 0.717) is 25.7 Å². The third-order valence-electron chi connectivity index (χ3n) is 1.65. The van der Waals surface area contributed by atoms with Crippen LogP contribution < -0.4 is 0 Å². The van der Waals surface area contributed by atoms with Gasteiger partial charge in [-0.1, -0.05) is 6.92 Å². The van der Waals surface area contributed by atoms with Gasteiger partial charge in [0.25, 0.3) is 0 Å². The minimum Gasteiger partial charge on any atom is -0.466 e. The molecule has 0 aliphatic carbocycles. The smallest absolute Gasteiger partial charge is 0.311 e. The summed E-state index contributed by atoms with van der Waals surface area (Å²) in [6.07, 6.45) is 0.737. The van der Waals surface area contributed by atoms with Crippen LogP contribution in [0.15, 0.2) is 0 Å². The van der Waals surface area contributed by atoms with E-state index in [1.54, 1.807) is 6.92 Å². The third-order valence-corrected chi connectivity index (χ3v) is 1.81. The van der Waals surface area contributed by atoms with Crippen LogP contribution in [0.3, 0.4) is 0 Å². The van der Waals surface area contributed by atoms with E-state index in [-0.39, 0.29) is 11.9 Å². The lowest BCUT2D eigenvalue weighted by atomic mass is 10.1. The van der Waals surface area contributed by atoms with Crippen LogP contribution in [0.5, 0.6) is 0 Å². The maximum Gasteiger partial charge on any atom is 0.311 e. The van der Waals surface area contributed by atoms with Crippen molar-refractivity contribution in [2.45, 2.75) is 20.3 Å². The number of halogens is 1. The zero-order chi connectivity index (χ0) is 10.1. The molecule has 0 bridgehead atoms. The molecule has 4 heteroatoms. The van der Waals surface area contributed by atoms with E-state index in [0.717, 1.165) is 6.42 Å². The molecule has 0 saturated carbocycles. The van der Waals surface area contributed by atoms with E-state index in [2.05, 4.69) is 0 Å². The van der Waals surface area contributed by atoms with Crippen molar-refractivity contribution < 1.29 is 14.3 Å². The molecular weight excluding hydrogens is 192 g/mol. The van der Waals surface area contributed by atoms with Crippen molar-refractivity contribution in [3.05, 3.63) is 0 Å². The number of alkyl halides is 1. The molecule has 1 atom stereocenters. The Balaban J connectivity index is 3.67. The van der Waals surface area contributed by atoms with Gasteiger partial charge in [0.2, 0.25) is 0 Å². The molecule has 0 saturated heterocycles. The number of carbonyl (C=O) groups is 1. The second kappa shape index (κ2) is 8.32. The normalized spacial score (nSPS) is 12.5. The van der Waals surface area contributed by atoms with Crippen molar-refractivity contribution >= 4 is 17.6 Å². The average Bonchev–Trinajstić information content (AvgIpc) is 2.13. The second-order valence-electron chi connectivity index (χ2n) is 2.62. The Morgan fingerprint density at radius 1 is 1.46 bits per heavy atom. The summed E-state index contributed by atoms with van der Waals surface area (Å²) in [7, 11) is 0. The molecular formula is C9H17ClO3. The number of hydrogen-bond acceptors (Lipinski definition) is 3. The molecule has 0 N–H and O–H groups in total. The Morgan fingerprint density at radius 3 is 2.62 bits per heavy atom. The number of esters is 1. The number of rotatable bonds is 7. The molecule has 0 fully saturated rings. The van der Waals surface area contributed by atoms with E-state index in [1.165, 1.54) is 0 Å². The molecule has 0 aromatic carbocycles. The molecule has 0 aromatic rings. The van der Waals surface area contributed by atoms with Gasteiger partial charge in [-0.25, -0.2) is 0 Å². The fourth-order valence-corrected chi connectivity index (χ4v) is 1.00. The zero-order valence-electron chi connectivity index (χ0n) is 8.22. The topological polar surface area (TPSA) is 35.5 Å². The first-order valence-electron chi connectivity index (χ1n) is 4.56. The number of carbonyl (C=O) groups excluding carboxylic acids is 1. The zero-order valence-corrected chi connectivity index (χ0v) is 8.97. The Kier molecular flexibility index (Phi) is 8.14. The molecule has 0 spiro atoms. The van der Waals surface area contributed by atoms with Crippen molar-refractivity contribution in [3.8, 4) is 0 Å². The predicted octanol–water partition coefficient (Wildman–Crippen LogP) is 1.83. The standard InChI is InChI=1S/C9H17ClO3/c1-3-8(7-12-6-5-10)9(11)13-4-2/h8H,3-7H2,1-2H3. The highest BCUT2D eigenvalue weighted by atomic mass is 35.5. The lowest BCUT2D eigenvalue weighted by molar-refractivity contribution is -0.150. The minimum absolute atomic E-state index is 0.150. The molecule has 0 amide bonds. The maximum atomic E-state index is 11.2. The summed E-state index contributed by atoms with van der Waals surface area (Å²) < 4.78 is 10.0. The van der Waals surface area contributed by atoms with Crippen molar-refractivity contribution in [2.24, 2.45) is 5.92 Å². The van der Waals surface area contributed by atoms with E-state index in [4.69, 9.17) is 21.1 Å². The highest BCUT2D eigenvalue weighted by molar-refractivity contribution is 6.17. The molecule has 13 heavy (non-hydrogen) atoms. The van der Waals surface area contributed by atoms with Crippen molar-refractivity contribution in [3.63, 3.8) is 0 Å². The summed E-state index contributed by atoms with van der Waals surface area (Å²) in [5, 5.41) is 0. The lowest BCUT2D eigenvalue weighted by Crippen LogP contribution is -2.22. The Hall–Kier alpha value is -0.280. The molecule has 0 aliphatic rings. The third kappa shape index (κ3) is 5.88. The molecule has 0 heterocycles. The summed E-state index contributed by atoms with van der Waals surface area (Å²) in [4.78, 5) is 11.2.